The van der Waals surface area contributed by atoms with Crippen LogP contribution in [0.25, 0.3) is 0 Å². The van der Waals surface area contributed by atoms with Crippen LogP contribution < -0.4 is 4.74 Å². The molecule has 220 valence electrons. The van der Waals surface area contributed by atoms with E-state index in [1.165, 1.54) is 0 Å². The zero-order chi connectivity index (χ0) is 27.8. The molecule has 0 aliphatic carbocycles. The van der Waals surface area contributed by atoms with Crippen molar-refractivity contribution in [2.45, 2.75) is 123 Å². The van der Waals surface area contributed by atoms with Gasteiger partial charge in [0.05, 0.1) is 18.8 Å². The molecule has 38 heavy (non-hydrogen) atoms. The molecule has 2 rings (SSSR count). The minimum absolute atomic E-state index is 0.296. The second-order valence-corrected chi connectivity index (χ2v) is 10.2. The van der Waals surface area contributed by atoms with Gasteiger partial charge in [-0.25, -0.2) is 0 Å². The summed E-state index contributed by atoms with van der Waals surface area (Å²) in [7, 11) is 0. The number of rotatable bonds is 20. The van der Waals surface area contributed by atoms with Gasteiger partial charge in [0.25, 0.3) is 0 Å². The van der Waals surface area contributed by atoms with E-state index in [-0.39, 0.29) is 0 Å². The zero-order valence-corrected chi connectivity index (χ0v) is 24.8. The minimum Gasteiger partial charge on any atom is -0.493 e. The molecule has 0 bridgehead atoms. The number of unbranched alkanes of at least 4 members (excludes halogenated alkanes) is 4. The molecule has 7 nitrogen and oxygen atoms in total. The fraction of sp³-hybridized carbons (Fsp3) is 0.806. The van der Waals surface area contributed by atoms with Crippen LogP contribution in [0.4, 0.5) is 0 Å². The van der Waals surface area contributed by atoms with Gasteiger partial charge in [-0.2, -0.15) is 0 Å². The third kappa shape index (κ3) is 9.46. The summed E-state index contributed by atoms with van der Waals surface area (Å²) in [5, 5.41) is 12.5. The summed E-state index contributed by atoms with van der Waals surface area (Å²) in [6.45, 7) is 15.5. The molecule has 1 heterocycles. The molecule has 1 aliphatic rings. The van der Waals surface area contributed by atoms with Gasteiger partial charge in [-0.3, -0.25) is 0 Å². The number of aryl methyl sites for hydroxylation is 1. The fourth-order valence-electron chi connectivity index (χ4n) is 4.64. The molecule has 1 fully saturated rings. The van der Waals surface area contributed by atoms with Crippen LogP contribution >= 0.6 is 0 Å². The van der Waals surface area contributed by atoms with Crippen molar-refractivity contribution in [1.29, 1.82) is 0 Å². The van der Waals surface area contributed by atoms with E-state index in [9.17, 15) is 5.11 Å². The van der Waals surface area contributed by atoms with Gasteiger partial charge in [0.1, 0.15) is 30.2 Å². The highest BCUT2D eigenvalue weighted by molar-refractivity contribution is 5.41. The third-order valence-corrected chi connectivity index (χ3v) is 6.86. The van der Waals surface area contributed by atoms with E-state index in [0.29, 0.717) is 51.0 Å². The highest BCUT2D eigenvalue weighted by atomic mass is 16.7. The van der Waals surface area contributed by atoms with Crippen molar-refractivity contribution in [2.24, 2.45) is 0 Å². The Labute approximate surface area is 231 Å². The normalized spacial score (nSPS) is 25.6. The third-order valence-electron chi connectivity index (χ3n) is 6.86. The van der Waals surface area contributed by atoms with Gasteiger partial charge >= 0.3 is 0 Å². The average molecular weight is 539 g/mol. The lowest BCUT2D eigenvalue weighted by atomic mass is 9.86. The van der Waals surface area contributed by atoms with Crippen molar-refractivity contribution in [2.75, 3.05) is 39.6 Å². The molecule has 1 saturated heterocycles. The van der Waals surface area contributed by atoms with Gasteiger partial charge in [-0.15, -0.1) is 0 Å². The quantitative estimate of drug-likeness (QED) is 0.195. The molecule has 1 N–H and O–H groups in total. The van der Waals surface area contributed by atoms with E-state index in [1.807, 2.05) is 32.0 Å². The fourth-order valence-corrected chi connectivity index (χ4v) is 4.64. The van der Waals surface area contributed by atoms with Gasteiger partial charge in [0, 0.05) is 26.4 Å². The van der Waals surface area contributed by atoms with E-state index in [0.717, 1.165) is 56.9 Å². The van der Waals surface area contributed by atoms with Crippen molar-refractivity contribution in [3.63, 3.8) is 0 Å². The minimum atomic E-state index is -1.80. The Balaban J connectivity index is 2.57. The molecule has 0 radical (unpaired) electrons. The predicted octanol–water partition coefficient (Wildman–Crippen LogP) is 6.31. The smallest absolute Gasteiger partial charge is 0.226 e. The van der Waals surface area contributed by atoms with Gasteiger partial charge in [-0.05, 0) is 51.7 Å². The standard InChI is InChI=1S/C31H54O7/c1-7-12-18-33-23-27-28(35-19-13-8-2)29(36-20-14-9-3)30(37-21-15-10-4)31(32,38-27)25-22-24(6)16-17-26(25)34-11-5/h16-17,22,27-30,32H,7-15,18-21,23H2,1-6H3/t27-,28-,29+,30-,31?/m1/s1. The second kappa shape index (κ2) is 18.2. The van der Waals surface area contributed by atoms with Crippen molar-refractivity contribution < 1.29 is 33.5 Å². The maximum absolute atomic E-state index is 12.5. The molecular formula is C31H54O7. The van der Waals surface area contributed by atoms with Crippen molar-refractivity contribution in [1.82, 2.24) is 0 Å². The van der Waals surface area contributed by atoms with Gasteiger partial charge in [0.15, 0.2) is 0 Å². The first-order chi connectivity index (χ1) is 18.5. The van der Waals surface area contributed by atoms with Crippen molar-refractivity contribution in [3.05, 3.63) is 29.3 Å². The van der Waals surface area contributed by atoms with Crippen LogP contribution in [0.15, 0.2) is 18.2 Å². The lowest BCUT2D eigenvalue weighted by Crippen LogP contribution is -2.66. The van der Waals surface area contributed by atoms with Gasteiger partial charge in [0.2, 0.25) is 5.79 Å². The summed E-state index contributed by atoms with van der Waals surface area (Å²) in [5.41, 5.74) is 1.55. The largest absolute Gasteiger partial charge is 0.493 e. The molecule has 1 aliphatic heterocycles. The summed E-state index contributed by atoms with van der Waals surface area (Å²) in [6, 6.07) is 5.80. The molecule has 0 saturated carbocycles. The van der Waals surface area contributed by atoms with Crippen LogP contribution in [0.1, 0.15) is 97.1 Å². The maximum Gasteiger partial charge on any atom is 0.226 e. The lowest BCUT2D eigenvalue weighted by Gasteiger charge is -2.50. The molecule has 7 heteroatoms. The van der Waals surface area contributed by atoms with Crippen LogP contribution in [-0.2, 0) is 29.5 Å². The summed E-state index contributed by atoms with van der Waals surface area (Å²) >= 11 is 0. The molecule has 0 aromatic heterocycles. The highest BCUT2D eigenvalue weighted by Crippen LogP contribution is 2.44. The highest BCUT2D eigenvalue weighted by Gasteiger charge is 2.58. The van der Waals surface area contributed by atoms with Gasteiger partial charge < -0.3 is 33.5 Å². The zero-order valence-electron chi connectivity index (χ0n) is 24.8. The Kier molecular flexibility index (Phi) is 15.8. The Bertz CT molecular complexity index is 758. The maximum atomic E-state index is 12.5. The number of benzene rings is 1. The van der Waals surface area contributed by atoms with Crippen LogP contribution in [0.2, 0.25) is 0 Å². The number of hydrogen-bond acceptors (Lipinski definition) is 7. The van der Waals surface area contributed by atoms with Crippen molar-refractivity contribution >= 4 is 0 Å². The van der Waals surface area contributed by atoms with E-state index < -0.39 is 30.2 Å². The van der Waals surface area contributed by atoms with Crippen LogP contribution in [0, 0.1) is 6.92 Å². The molecule has 0 amide bonds. The van der Waals surface area contributed by atoms with Crippen LogP contribution in [0.5, 0.6) is 5.75 Å². The molecule has 5 atom stereocenters. The Morgan fingerprint density at radius 2 is 1.37 bits per heavy atom. The van der Waals surface area contributed by atoms with E-state index in [2.05, 4.69) is 27.7 Å². The molecule has 1 aromatic carbocycles. The van der Waals surface area contributed by atoms with E-state index in [4.69, 9.17) is 28.4 Å². The summed E-state index contributed by atoms with van der Waals surface area (Å²) < 4.78 is 38.1. The number of hydrogen-bond donors (Lipinski definition) is 1. The molecule has 1 aromatic rings. The topological polar surface area (TPSA) is 75.6 Å². The van der Waals surface area contributed by atoms with Crippen LogP contribution in [-0.4, -0.2) is 69.2 Å². The molecule has 0 spiro atoms. The summed E-state index contributed by atoms with van der Waals surface area (Å²) in [5.74, 6) is -1.22. The summed E-state index contributed by atoms with van der Waals surface area (Å²) in [6.07, 6.45) is 5.40. The van der Waals surface area contributed by atoms with E-state index >= 15 is 0 Å². The Morgan fingerprint density at radius 3 is 1.97 bits per heavy atom. The monoisotopic (exact) mass is 538 g/mol. The van der Waals surface area contributed by atoms with E-state index in [1.54, 1.807) is 0 Å². The first kappa shape index (κ1) is 33.0. The number of ether oxygens (including phenoxy) is 6. The summed E-state index contributed by atoms with van der Waals surface area (Å²) in [4.78, 5) is 0. The SMILES string of the molecule is CCCCOC[C@H]1OC(O)(c2cc(C)ccc2OCC)[C@H](OCCCC)[C@@H](OCCCC)[C@@H]1OCCCC. The second-order valence-electron chi connectivity index (χ2n) is 10.2. The Morgan fingerprint density at radius 1 is 0.789 bits per heavy atom. The van der Waals surface area contributed by atoms with Gasteiger partial charge in [-0.1, -0.05) is 65.0 Å². The lowest BCUT2D eigenvalue weighted by molar-refractivity contribution is -0.375. The van der Waals surface area contributed by atoms with Crippen molar-refractivity contribution in [3.8, 4) is 5.75 Å². The average Bonchev–Trinajstić information content (AvgIpc) is 2.90. The predicted molar refractivity (Wildman–Crippen MR) is 151 cm³/mol. The first-order valence-electron chi connectivity index (χ1n) is 15.0. The molecule has 1 unspecified atom stereocenters. The first-order valence-corrected chi connectivity index (χ1v) is 15.0. The Hall–Kier alpha value is -1.22. The van der Waals surface area contributed by atoms with Crippen LogP contribution in [0.3, 0.4) is 0 Å². The molecular weight excluding hydrogens is 484 g/mol. The number of aliphatic hydroxyl groups is 1.